The number of nitrogens with zero attached hydrogens (tertiary/aromatic N) is 1. The van der Waals surface area contributed by atoms with Gasteiger partial charge in [-0.2, -0.15) is 0 Å². The number of hydrogen-bond acceptors (Lipinski definition) is 5. The Balaban J connectivity index is 2.03. The largest absolute Gasteiger partial charge is 0.481 e. The molecule has 2 N–H and O–H groups in total. The van der Waals surface area contributed by atoms with Crippen molar-refractivity contribution in [2.75, 3.05) is 18.5 Å². The van der Waals surface area contributed by atoms with Crippen LogP contribution in [0.3, 0.4) is 0 Å². The molecule has 5 nitrogen and oxygen atoms in total. The third kappa shape index (κ3) is 3.45. The summed E-state index contributed by atoms with van der Waals surface area (Å²) in [5.74, 6) is -1.19. The number of aryl methyl sites for hydroxylation is 1. The van der Waals surface area contributed by atoms with Gasteiger partial charge in [-0.1, -0.05) is 0 Å². The number of thiazole rings is 1. The van der Waals surface area contributed by atoms with Crippen LogP contribution in [0.4, 0.5) is 5.13 Å². The van der Waals surface area contributed by atoms with Gasteiger partial charge < -0.3 is 15.2 Å². The van der Waals surface area contributed by atoms with E-state index in [1.807, 2.05) is 13.8 Å². The van der Waals surface area contributed by atoms with E-state index in [9.17, 15) is 9.90 Å². The average molecular weight is 284 g/mol. The minimum absolute atomic E-state index is 0.126. The van der Waals surface area contributed by atoms with E-state index >= 15 is 0 Å². The van der Waals surface area contributed by atoms with Crippen LogP contribution in [0.25, 0.3) is 0 Å². The van der Waals surface area contributed by atoms with E-state index in [4.69, 9.17) is 4.74 Å². The second-order valence-corrected chi connectivity index (χ2v) is 5.84. The van der Waals surface area contributed by atoms with Crippen molar-refractivity contribution in [3.63, 3.8) is 0 Å². The molecule has 1 heterocycles. The number of aliphatic carboxylic acids is 1. The van der Waals surface area contributed by atoms with E-state index in [0.29, 0.717) is 19.6 Å². The van der Waals surface area contributed by atoms with Crippen LogP contribution in [-0.2, 0) is 16.0 Å². The highest BCUT2D eigenvalue weighted by molar-refractivity contribution is 7.15. The maximum Gasteiger partial charge on any atom is 0.312 e. The Labute approximate surface area is 117 Å². The molecule has 0 radical (unpaired) electrons. The standard InChI is InChI=1S/C13H20N2O3S/c1-3-18-8(2)7-14-13-15-11-9(12(16)17)5-4-6-10(11)19-13/h8-9H,3-7H2,1-2H3,(H,14,15)(H,16,17). The number of aromatic nitrogens is 1. The van der Waals surface area contributed by atoms with Crippen molar-refractivity contribution in [1.82, 2.24) is 4.98 Å². The Hall–Kier alpha value is -1.14. The van der Waals surface area contributed by atoms with Gasteiger partial charge in [-0.3, -0.25) is 4.79 Å². The fourth-order valence-electron chi connectivity index (χ4n) is 2.31. The zero-order valence-corrected chi connectivity index (χ0v) is 12.1. The van der Waals surface area contributed by atoms with Crippen molar-refractivity contribution in [1.29, 1.82) is 0 Å². The summed E-state index contributed by atoms with van der Waals surface area (Å²) >= 11 is 1.58. The number of carboxylic acid groups (broad SMARTS) is 1. The molecule has 2 atom stereocenters. The number of carbonyl (C=O) groups is 1. The van der Waals surface area contributed by atoms with Gasteiger partial charge in [0.05, 0.1) is 11.8 Å². The van der Waals surface area contributed by atoms with Crippen LogP contribution in [0, 0.1) is 0 Å². The SMILES string of the molecule is CCOC(C)CNc1nc2c(s1)CCCC2C(=O)O. The van der Waals surface area contributed by atoms with Crippen molar-refractivity contribution in [2.24, 2.45) is 0 Å². The maximum atomic E-state index is 11.2. The molecule has 2 unspecified atom stereocenters. The van der Waals surface area contributed by atoms with Crippen molar-refractivity contribution >= 4 is 22.4 Å². The summed E-state index contributed by atoms with van der Waals surface area (Å²) in [4.78, 5) is 16.8. The lowest BCUT2D eigenvalue weighted by Crippen LogP contribution is -2.20. The zero-order chi connectivity index (χ0) is 13.8. The van der Waals surface area contributed by atoms with Crippen LogP contribution in [0.5, 0.6) is 0 Å². The number of fused-ring (bicyclic) bond motifs is 1. The van der Waals surface area contributed by atoms with Gasteiger partial charge in [0, 0.05) is 18.0 Å². The molecule has 1 aromatic rings. The smallest absolute Gasteiger partial charge is 0.312 e. The van der Waals surface area contributed by atoms with Gasteiger partial charge in [0.15, 0.2) is 5.13 Å². The number of nitrogens with one attached hydrogen (secondary N) is 1. The molecular formula is C13H20N2O3S. The number of anilines is 1. The molecule has 0 saturated carbocycles. The normalized spacial score (nSPS) is 19.8. The highest BCUT2D eigenvalue weighted by Gasteiger charge is 2.29. The lowest BCUT2D eigenvalue weighted by Gasteiger charge is -2.16. The van der Waals surface area contributed by atoms with Gasteiger partial charge in [0.25, 0.3) is 0 Å². The maximum absolute atomic E-state index is 11.2. The third-order valence-electron chi connectivity index (χ3n) is 3.24. The van der Waals surface area contributed by atoms with Gasteiger partial charge in [0.1, 0.15) is 5.92 Å². The molecule has 0 amide bonds. The van der Waals surface area contributed by atoms with E-state index in [-0.39, 0.29) is 6.10 Å². The molecular weight excluding hydrogens is 264 g/mol. The first-order chi connectivity index (χ1) is 9.11. The van der Waals surface area contributed by atoms with E-state index < -0.39 is 11.9 Å². The minimum atomic E-state index is -0.763. The number of hydrogen-bond donors (Lipinski definition) is 2. The quantitative estimate of drug-likeness (QED) is 0.839. The first-order valence-corrected chi connectivity index (χ1v) is 7.51. The first kappa shape index (κ1) is 14.3. The average Bonchev–Trinajstić information content (AvgIpc) is 2.79. The molecule has 0 aliphatic heterocycles. The highest BCUT2D eigenvalue weighted by Crippen LogP contribution is 2.36. The number of rotatable bonds is 6. The van der Waals surface area contributed by atoms with E-state index in [0.717, 1.165) is 28.5 Å². The zero-order valence-electron chi connectivity index (χ0n) is 11.3. The van der Waals surface area contributed by atoms with Crippen molar-refractivity contribution in [2.45, 2.75) is 45.1 Å². The van der Waals surface area contributed by atoms with E-state index in [2.05, 4.69) is 10.3 Å². The Morgan fingerprint density at radius 1 is 1.68 bits per heavy atom. The lowest BCUT2D eigenvalue weighted by atomic mass is 9.91. The summed E-state index contributed by atoms with van der Waals surface area (Å²) in [5, 5.41) is 13.3. The predicted octanol–water partition coefficient (Wildman–Crippen LogP) is 2.48. The molecule has 1 aromatic heterocycles. The molecule has 0 fully saturated rings. The van der Waals surface area contributed by atoms with Crippen molar-refractivity contribution < 1.29 is 14.6 Å². The highest BCUT2D eigenvalue weighted by atomic mass is 32.1. The molecule has 19 heavy (non-hydrogen) atoms. The molecule has 1 aliphatic carbocycles. The van der Waals surface area contributed by atoms with E-state index in [1.165, 1.54) is 0 Å². The van der Waals surface area contributed by atoms with Crippen LogP contribution in [-0.4, -0.2) is 35.3 Å². The summed E-state index contributed by atoms with van der Waals surface area (Å²) in [7, 11) is 0. The van der Waals surface area contributed by atoms with Gasteiger partial charge in [-0.15, -0.1) is 11.3 Å². The topological polar surface area (TPSA) is 71.5 Å². The molecule has 1 aliphatic rings. The van der Waals surface area contributed by atoms with Crippen LogP contribution in [0.2, 0.25) is 0 Å². The fourth-order valence-corrected chi connectivity index (χ4v) is 3.38. The van der Waals surface area contributed by atoms with Crippen LogP contribution < -0.4 is 5.32 Å². The molecule has 0 saturated heterocycles. The van der Waals surface area contributed by atoms with Gasteiger partial charge in [-0.05, 0) is 33.1 Å². The number of carboxylic acids is 1. The van der Waals surface area contributed by atoms with Crippen molar-refractivity contribution in [3.05, 3.63) is 10.6 Å². The lowest BCUT2D eigenvalue weighted by molar-refractivity contribution is -0.139. The van der Waals surface area contributed by atoms with Crippen LogP contribution in [0.15, 0.2) is 0 Å². The Morgan fingerprint density at radius 2 is 2.47 bits per heavy atom. The fraction of sp³-hybridized carbons (Fsp3) is 0.692. The molecule has 6 heteroatoms. The van der Waals surface area contributed by atoms with Crippen LogP contribution in [0.1, 0.15) is 43.2 Å². The second kappa shape index (κ2) is 6.34. The molecule has 2 rings (SSSR count). The monoisotopic (exact) mass is 284 g/mol. The Kier molecular flexibility index (Phi) is 4.76. The molecule has 0 bridgehead atoms. The summed E-state index contributed by atoms with van der Waals surface area (Å²) in [5.41, 5.74) is 0.760. The van der Waals surface area contributed by atoms with Gasteiger partial charge in [0.2, 0.25) is 0 Å². The molecule has 0 aromatic carbocycles. The number of ether oxygens (including phenoxy) is 1. The summed E-state index contributed by atoms with van der Waals surface area (Å²) in [6.45, 7) is 5.36. The van der Waals surface area contributed by atoms with Gasteiger partial charge in [-0.25, -0.2) is 4.98 Å². The summed E-state index contributed by atoms with van der Waals surface area (Å²) in [6.07, 6.45) is 2.70. The first-order valence-electron chi connectivity index (χ1n) is 6.69. The molecule has 0 spiro atoms. The summed E-state index contributed by atoms with van der Waals surface area (Å²) in [6, 6.07) is 0. The van der Waals surface area contributed by atoms with Crippen LogP contribution >= 0.6 is 11.3 Å². The Bertz CT molecular complexity index is 447. The predicted molar refractivity (Wildman–Crippen MR) is 75.0 cm³/mol. The minimum Gasteiger partial charge on any atom is -0.481 e. The Morgan fingerprint density at radius 3 is 3.16 bits per heavy atom. The molecule has 106 valence electrons. The van der Waals surface area contributed by atoms with Crippen molar-refractivity contribution in [3.8, 4) is 0 Å². The van der Waals surface area contributed by atoms with Gasteiger partial charge >= 0.3 is 5.97 Å². The van der Waals surface area contributed by atoms with E-state index in [1.54, 1.807) is 11.3 Å². The third-order valence-corrected chi connectivity index (χ3v) is 4.33. The second-order valence-electron chi connectivity index (χ2n) is 4.76. The summed E-state index contributed by atoms with van der Waals surface area (Å²) < 4.78 is 5.45.